The second kappa shape index (κ2) is 4.58. The third-order valence-corrected chi connectivity index (χ3v) is 4.50. The van der Waals surface area contributed by atoms with Crippen molar-refractivity contribution in [2.75, 3.05) is 0 Å². The van der Waals surface area contributed by atoms with Gasteiger partial charge in [-0.1, -0.05) is 19.0 Å². The first kappa shape index (κ1) is 14.1. The van der Waals surface area contributed by atoms with Crippen LogP contribution in [0, 0.1) is 26.2 Å². The predicted molar refractivity (Wildman–Crippen MR) is 80.7 cm³/mol. The molecule has 3 rings (SSSR count). The van der Waals surface area contributed by atoms with Crippen LogP contribution in [-0.2, 0) is 13.0 Å². The molecule has 0 aliphatic heterocycles. The maximum Gasteiger partial charge on any atom is 0.165 e. The average Bonchev–Trinajstić information content (AvgIpc) is 2.84. The molecule has 0 saturated heterocycles. The molecule has 112 valence electrons. The number of fused-ring (bicyclic) bond motifs is 1. The molecule has 0 atom stereocenters. The Morgan fingerprint density at radius 1 is 1.29 bits per heavy atom. The lowest BCUT2D eigenvalue weighted by molar-refractivity contribution is 0.0910. The lowest BCUT2D eigenvalue weighted by Gasteiger charge is -2.29. The third-order valence-electron chi connectivity index (χ3n) is 4.50. The van der Waals surface area contributed by atoms with Crippen LogP contribution in [0.3, 0.4) is 0 Å². The van der Waals surface area contributed by atoms with E-state index in [0.29, 0.717) is 6.42 Å². The number of aryl methyl sites for hydroxylation is 3. The van der Waals surface area contributed by atoms with Crippen LogP contribution in [-0.4, -0.2) is 15.5 Å². The topological polar surface area (TPSA) is 48.0 Å². The molecule has 0 saturated carbocycles. The molecule has 2 aromatic heterocycles. The van der Waals surface area contributed by atoms with E-state index in [-0.39, 0.29) is 11.2 Å². The minimum Gasteiger partial charge on any atom is -0.361 e. The summed E-state index contributed by atoms with van der Waals surface area (Å²) in [5.41, 5.74) is 5.27. The van der Waals surface area contributed by atoms with E-state index in [9.17, 15) is 4.79 Å². The number of carbonyl (C=O) groups is 1. The molecule has 0 N–H and O–H groups in total. The number of aromatic nitrogens is 2. The molecule has 0 bridgehead atoms. The molecule has 0 radical (unpaired) electrons. The smallest absolute Gasteiger partial charge is 0.165 e. The van der Waals surface area contributed by atoms with Crippen molar-refractivity contribution in [3.63, 3.8) is 0 Å². The number of carbonyl (C=O) groups excluding carboxylic acids is 1. The summed E-state index contributed by atoms with van der Waals surface area (Å²) in [7, 11) is 0. The van der Waals surface area contributed by atoms with Gasteiger partial charge in [0.2, 0.25) is 0 Å². The monoisotopic (exact) mass is 286 g/mol. The number of hydrogen-bond acceptors (Lipinski definition) is 3. The number of ketones is 1. The van der Waals surface area contributed by atoms with E-state index in [0.717, 1.165) is 46.9 Å². The van der Waals surface area contributed by atoms with Crippen LogP contribution in [0.2, 0.25) is 0 Å². The summed E-state index contributed by atoms with van der Waals surface area (Å²) in [5.74, 6) is 1.12. The van der Waals surface area contributed by atoms with Crippen molar-refractivity contribution in [2.24, 2.45) is 5.41 Å². The Bertz CT molecular complexity index is 700. The van der Waals surface area contributed by atoms with E-state index in [1.54, 1.807) is 0 Å². The zero-order valence-electron chi connectivity index (χ0n) is 13.4. The molecule has 1 aliphatic rings. The molecule has 2 aromatic rings. The fraction of sp³-hybridized carbons (Fsp3) is 0.529. The molecular formula is C17H22N2O2. The zero-order valence-corrected chi connectivity index (χ0v) is 13.4. The molecule has 1 aliphatic carbocycles. The SMILES string of the molecule is Cc1noc(C)c1Cn1c(C)cc2c1CC(C)(C)CC2=O. The minimum absolute atomic E-state index is 0.0331. The Hall–Kier alpha value is -1.84. The van der Waals surface area contributed by atoms with Gasteiger partial charge in [-0.2, -0.15) is 0 Å². The van der Waals surface area contributed by atoms with Crippen LogP contribution in [0.25, 0.3) is 0 Å². The van der Waals surface area contributed by atoms with Crippen LogP contribution in [0.15, 0.2) is 10.6 Å². The van der Waals surface area contributed by atoms with Gasteiger partial charge in [0.15, 0.2) is 5.78 Å². The first-order valence-electron chi connectivity index (χ1n) is 7.42. The summed E-state index contributed by atoms with van der Waals surface area (Å²) in [6.07, 6.45) is 1.57. The van der Waals surface area contributed by atoms with Gasteiger partial charge in [0.05, 0.1) is 12.2 Å². The van der Waals surface area contributed by atoms with Crippen molar-refractivity contribution in [1.82, 2.24) is 9.72 Å². The van der Waals surface area contributed by atoms with Gasteiger partial charge in [0.25, 0.3) is 0 Å². The number of hydrogen-bond donors (Lipinski definition) is 0. The van der Waals surface area contributed by atoms with Crippen LogP contribution in [0.4, 0.5) is 0 Å². The van der Waals surface area contributed by atoms with Crippen LogP contribution < -0.4 is 0 Å². The highest BCUT2D eigenvalue weighted by Gasteiger charge is 2.34. The first-order valence-corrected chi connectivity index (χ1v) is 7.42. The third kappa shape index (κ3) is 2.33. The lowest BCUT2D eigenvalue weighted by atomic mass is 9.76. The number of Topliss-reactive ketones (excluding diaryl/α,β-unsaturated/α-hetero) is 1. The maximum atomic E-state index is 12.4. The van der Waals surface area contributed by atoms with E-state index in [2.05, 4.69) is 30.5 Å². The van der Waals surface area contributed by atoms with Gasteiger partial charge in [-0.15, -0.1) is 0 Å². The summed E-state index contributed by atoms with van der Waals surface area (Å²) in [4.78, 5) is 12.4. The van der Waals surface area contributed by atoms with E-state index >= 15 is 0 Å². The van der Waals surface area contributed by atoms with Crippen molar-refractivity contribution < 1.29 is 9.32 Å². The highest BCUT2D eigenvalue weighted by molar-refractivity contribution is 5.99. The Kier molecular flexibility index (Phi) is 3.08. The standard InChI is InChI=1S/C17H22N2O2/c1-10-6-13-15(7-17(4,5)8-16(13)20)19(10)9-14-11(2)18-21-12(14)3/h6H,7-9H2,1-5H3. The van der Waals surface area contributed by atoms with E-state index in [1.165, 1.54) is 0 Å². The molecule has 0 aromatic carbocycles. The second-order valence-corrected chi connectivity index (χ2v) is 6.98. The molecule has 0 spiro atoms. The Labute approximate surface area is 125 Å². The van der Waals surface area contributed by atoms with E-state index < -0.39 is 0 Å². The minimum atomic E-state index is 0.0331. The second-order valence-electron chi connectivity index (χ2n) is 6.98. The molecule has 2 heterocycles. The molecule has 0 amide bonds. The van der Waals surface area contributed by atoms with Gasteiger partial charge in [-0.25, -0.2) is 0 Å². The largest absolute Gasteiger partial charge is 0.361 e. The van der Waals surface area contributed by atoms with Gasteiger partial charge in [0.1, 0.15) is 5.76 Å². The van der Waals surface area contributed by atoms with E-state index in [1.807, 2.05) is 19.9 Å². The highest BCUT2D eigenvalue weighted by atomic mass is 16.5. The summed E-state index contributed by atoms with van der Waals surface area (Å²) in [6.45, 7) is 11.0. The average molecular weight is 286 g/mol. The van der Waals surface area contributed by atoms with Gasteiger partial charge < -0.3 is 9.09 Å². The van der Waals surface area contributed by atoms with Crippen LogP contribution >= 0.6 is 0 Å². The van der Waals surface area contributed by atoms with Crippen molar-refractivity contribution >= 4 is 5.78 Å². The van der Waals surface area contributed by atoms with Crippen molar-refractivity contribution in [3.05, 3.63) is 40.0 Å². The summed E-state index contributed by atoms with van der Waals surface area (Å²) < 4.78 is 7.51. The molecule has 4 nitrogen and oxygen atoms in total. The maximum absolute atomic E-state index is 12.4. The molecule has 4 heteroatoms. The van der Waals surface area contributed by atoms with Crippen LogP contribution in [0.5, 0.6) is 0 Å². The normalized spacial score (nSPS) is 17.1. The van der Waals surface area contributed by atoms with E-state index in [4.69, 9.17) is 4.52 Å². The summed E-state index contributed by atoms with van der Waals surface area (Å²) in [5, 5.41) is 4.03. The lowest BCUT2D eigenvalue weighted by Crippen LogP contribution is -2.28. The fourth-order valence-corrected chi connectivity index (χ4v) is 3.31. The molecule has 0 fully saturated rings. The quantitative estimate of drug-likeness (QED) is 0.847. The first-order chi connectivity index (χ1) is 9.78. The van der Waals surface area contributed by atoms with Gasteiger partial charge in [0, 0.05) is 28.9 Å². The Morgan fingerprint density at radius 2 is 2.00 bits per heavy atom. The molecule has 0 unspecified atom stereocenters. The molecule has 21 heavy (non-hydrogen) atoms. The van der Waals surface area contributed by atoms with Crippen molar-refractivity contribution in [2.45, 2.75) is 54.0 Å². The number of nitrogens with zero attached hydrogens (tertiary/aromatic N) is 2. The van der Waals surface area contributed by atoms with Gasteiger partial charge in [-0.3, -0.25) is 4.79 Å². The molecular weight excluding hydrogens is 264 g/mol. The van der Waals surface area contributed by atoms with Crippen LogP contribution in [0.1, 0.15) is 59.0 Å². The number of rotatable bonds is 2. The Balaban J connectivity index is 2.07. The zero-order chi connectivity index (χ0) is 15.4. The Morgan fingerprint density at radius 3 is 2.62 bits per heavy atom. The fourth-order valence-electron chi connectivity index (χ4n) is 3.31. The highest BCUT2D eigenvalue weighted by Crippen LogP contribution is 2.36. The van der Waals surface area contributed by atoms with Gasteiger partial charge >= 0.3 is 0 Å². The summed E-state index contributed by atoms with van der Waals surface area (Å²) >= 11 is 0. The van der Waals surface area contributed by atoms with Crippen molar-refractivity contribution in [1.29, 1.82) is 0 Å². The van der Waals surface area contributed by atoms with Crippen molar-refractivity contribution in [3.8, 4) is 0 Å². The predicted octanol–water partition coefficient (Wildman–Crippen LogP) is 3.60. The van der Waals surface area contributed by atoms with Gasteiger partial charge in [-0.05, 0) is 38.7 Å². The summed E-state index contributed by atoms with van der Waals surface area (Å²) in [6, 6.07) is 2.03.